The van der Waals surface area contributed by atoms with Gasteiger partial charge in [-0.2, -0.15) is 0 Å². The van der Waals surface area contributed by atoms with Gasteiger partial charge in [-0.15, -0.1) is 0 Å². The number of Topliss-reactive ketones (excluding diaryl/α,β-unsaturated/α-hetero) is 1. The number of allylic oxidation sites excluding steroid dienone is 3. The molecule has 1 N–H and O–H groups in total. The molecule has 0 atom stereocenters. The van der Waals surface area contributed by atoms with Gasteiger partial charge in [0.25, 0.3) is 0 Å². The molecule has 0 spiro atoms. The molecule has 0 bridgehead atoms. The lowest BCUT2D eigenvalue weighted by Crippen LogP contribution is -2.09. The van der Waals surface area contributed by atoms with Crippen LogP contribution < -0.4 is 5.32 Å². The normalized spacial score (nSPS) is 11.9. The van der Waals surface area contributed by atoms with Crippen LogP contribution in [0.1, 0.15) is 38.8 Å². The number of carbonyl (C=O) groups excluding carboxylic acids is 1. The van der Waals surface area contributed by atoms with Gasteiger partial charge in [0.05, 0.1) is 17.1 Å². The van der Waals surface area contributed by atoms with Gasteiger partial charge in [0.1, 0.15) is 0 Å². The number of ketones is 1. The van der Waals surface area contributed by atoms with Crippen molar-refractivity contribution in [3.05, 3.63) is 65.0 Å². The Kier molecular flexibility index (Phi) is 6.70. The number of nitrogens with one attached hydrogen (secondary N) is 1. The van der Waals surface area contributed by atoms with E-state index in [-0.39, 0.29) is 5.78 Å². The number of anilines is 1. The molecule has 0 unspecified atom stereocenters. The highest BCUT2D eigenvalue weighted by Gasteiger charge is 2.10. The van der Waals surface area contributed by atoms with Crippen molar-refractivity contribution in [2.75, 3.05) is 5.32 Å². The molecule has 0 amide bonds. The maximum Gasteiger partial charge on any atom is 0.173 e. The van der Waals surface area contributed by atoms with Crippen LogP contribution in [0.4, 0.5) is 5.69 Å². The van der Waals surface area contributed by atoms with Crippen molar-refractivity contribution in [3.8, 4) is 0 Å². The first kappa shape index (κ1) is 18.6. The zero-order valence-electron chi connectivity index (χ0n) is 14.9. The average molecular weight is 310 g/mol. The SMILES string of the molecule is C=C/C=C(/Nc1ccc(C)cc1C)C(N=C(C)C(C)=O)=C(C)C. The highest BCUT2D eigenvalue weighted by molar-refractivity contribution is 6.38. The smallest absolute Gasteiger partial charge is 0.173 e. The molecule has 1 aromatic rings. The third-order valence-electron chi connectivity index (χ3n) is 3.45. The molecule has 3 heteroatoms. The lowest BCUT2D eigenvalue weighted by molar-refractivity contribution is -0.111. The number of rotatable bonds is 6. The average Bonchev–Trinajstić information content (AvgIpc) is 2.46. The molecule has 23 heavy (non-hydrogen) atoms. The maximum atomic E-state index is 11.5. The Labute approximate surface area is 139 Å². The number of benzene rings is 1. The number of aliphatic imine (C=N–C) groups is 1. The largest absolute Gasteiger partial charge is 0.354 e. The van der Waals surface area contributed by atoms with E-state index in [4.69, 9.17) is 0 Å². The quantitative estimate of drug-likeness (QED) is 0.584. The Balaban J connectivity index is 3.31. The van der Waals surface area contributed by atoms with Crippen LogP contribution in [0.2, 0.25) is 0 Å². The van der Waals surface area contributed by atoms with Crippen LogP contribution in [-0.2, 0) is 4.79 Å². The van der Waals surface area contributed by atoms with E-state index < -0.39 is 0 Å². The summed E-state index contributed by atoms with van der Waals surface area (Å²) < 4.78 is 0. The van der Waals surface area contributed by atoms with Crippen molar-refractivity contribution < 1.29 is 4.79 Å². The third-order valence-corrected chi connectivity index (χ3v) is 3.45. The van der Waals surface area contributed by atoms with Crippen molar-refractivity contribution in [3.63, 3.8) is 0 Å². The summed E-state index contributed by atoms with van der Waals surface area (Å²) in [5, 5.41) is 3.41. The van der Waals surface area contributed by atoms with E-state index in [9.17, 15) is 4.79 Å². The molecule has 0 aliphatic carbocycles. The van der Waals surface area contributed by atoms with Crippen LogP contribution in [0.3, 0.4) is 0 Å². The molecule has 0 radical (unpaired) electrons. The summed E-state index contributed by atoms with van der Waals surface area (Å²) in [4.78, 5) is 16.0. The van der Waals surface area contributed by atoms with Crippen molar-refractivity contribution >= 4 is 17.2 Å². The predicted octanol–water partition coefficient (Wildman–Crippen LogP) is 5.13. The molecule has 1 aromatic carbocycles. The van der Waals surface area contributed by atoms with Gasteiger partial charge in [-0.25, -0.2) is 4.99 Å². The summed E-state index contributed by atoms with van der Waals surface area (Å²) >= 11 is 0. The van der Waals surface area contributed by atoms with E-state index in [0.29, 0.717) is 5.71 Å². The van der Waals surface area contributed by atoms with Gasteiger partial charge in [0, 0.05) is 12.6 Å². The zero-order valence-corrected chi connectivity index (χ0v) is 14.9. The fourth-order valence-corrected chi connectivity index (χ4v) is 2.08. The summed E-state index contributed by atoms with van der Waals surface area (Å²) in [5.41, 5.74) is 6.48. The van der Waals surface area contributed by atoms with E-state index in [2.05, 4.69) is 42.9 Å². The summed E-state index contributed by atoms with van der Waals surface area (Å²) in [7, 11) is 0. The molecule has 3 nitrogen and oxygen atoms in total. The standard InChI is InChI=1S/C20H26N2O/c1-8-9-19(20(13(2)3)21-16(6)17(7)23)22-18-11-10-14(4)12-15(18)5/h8-12,22H,1H2,2-7H3/b19-9+,21-16?. The minimum absolute atomic E-state index is 0.0341. The molecule has 0 aliphatic rings. The van der Waals surface area contributed by atoms with Gasteiger partial charge >= 0.3 is 0 Å². The number of aryl methyl sites for hydroxylation is 2. The van der Waals surface area contributed by atoms with Gasteiger partial charge in [-0.05, 0) is 57.9 Å². The van der Waals surface area contributed by atoms with E-state index in [1.165, 1.54) is 12.5 Å². The van der Waals surface area contributed by atoms with Crippen molar-refractivity contribution in [2.24, 2.45) is 4.99 Å². The second-order valence-corrected chi connectivity index (χ2v) is 5.86. The topological polar surface area (TPSA) is 41.5 Å². The minimum atomic E-state index is -0.0341. The van der Waals surface area contributed by atoms with Crippen LogP contribution in [0, 0.1) is 13.8 Å². The molecule has 0 aliphatic heterocycles. The van der Waals surface area contributed by atoms with Gasteiger partial charge < -0.3 is 5.32 Å². The molecule has 0 saturated heterocycles. The summed E-state index contributed by atoms with van der Waals surface area (Å²) in [6, 6.07) is 6.24. The van der Waals surface area contributed by atoms with E-state index in [1.54, 1.807) is 13.0 Å². The maximum absolute atomic E-state index is 11.5. The molecular weight excluding hydrogens is 284 g/mol. The van der Waals surface area contributed by atoms with Crippen LogP contribution >= 0.6 is 0 Å². The predicted molar refractivity (Wildman–Crippen MR) is 100.0 cm³/mol. The highest BCUT2D eigenvalue weighted by Crippen LogP contribution is 2.23. The highest BCUT2D eigenvalue weighted by atomic mass is 16.1. The molecule has 0 heterocycles. The molecule has 122 valence electrons. The Morgan fingerprint density at radius 1 is 1.17 bits per heavy atom. The first-order valence-corrected chi connectivity index (χ1v) is 7.67. The zero-order chi connectivity index (χ0) is 17.6. The van der Waals surface area contributed by atoms with Gasteiger partial charge in [-0.1, -0.05) is 30.4 Å². The lowest BCUT2D eigenvalue weighted by atomic mass is 10.1. The van der Waals surface area contributed by atoms with E-state index in [0.717, 1.165) is 28.2 Å². The molecule has 1 rings (SSSR count). The van der Waals surface area contributed by atoms with E-state index in [1.807, 2.05) is 26.0 Å². The van der Waals surface area contributed by atoms with Crippen molar-refractivity contribution in [1.29, 1.82) is 0 Å². The second-order valence-electron chi connectivity index (χ2n) is 5.86. The van der Waals surface area contributed by atoms with Crippen LogP contribution in [0.5, 0.6) is 0 Å². The van der Waals surface area contributed by atoms with Crippen LogP contribution in [0.25, 0.3) is 0 Å². The monoisotopic (exact) mass is 310 g/mol. The molecule has 0 fully saturated rings. The second kappa shape index (κ2) is 8.28. The molecule has 0 saturated carbocycles. The number of hydrogen-bond donors (Lipinski definition) is 1. The Morgan fingerprint density at radius 3 is 2.30 bits per heavy atom. The fourth-order valence-electron chi connectivity index (χ4n) is 2.08. The molecule has 0 aromatic heterocycles. The first-order valence-electron chi connectivity index (χ1n) is 7.67. The molecular formula is C20H26N2O. The van der Waals surface area contributed by atoms with Gasteiger partial charge in [-0.3, -0.25) is 4.79 Å². The van der Waals surface area contributed by atoms with Crippen LogP contribution in [0.15, 0.2) is 58.9 Å². The lowest BCUT2D eigenvalue weighted by Gasteiger charge is -2.16. The third kappa shape index (κ3) is 5.37. The number of carbonyl (C=O) groups is 1. The van der Waals surface area contributed by atoms with Crippen molar-refractivity contribution in [1.82, 2.24) is 0 Å². The summed E-state index contributed by atoms with van der Waals surface area (Å²) in [5.74, 6) is -0.0341. The van der Waals surface area contributed by atoms with E-state index >= 15 is 0 Å². The van der Waals surface area contributed by atoms with Gasteiger partial charge in [0.15, 0.2) is 5.78 Å². The van der Waals surface area contributed by atoms with Crippen LogP contribution in [-0.4, -0.2) is 11.5 Å². The fraction of sp³-hybridized carbons (Fsp3) is 0.300. The van der Waals surface area contributed by atoms with Crippen molar-refractivity contribution in [2.45, 2.75) is 41.5 Å². The number of hydrogen-bond acceptors (Lipinski definition) is 3. The summed E-state index contributed by atoms with van der Waals surface area (Å²) in [6.45, 7) is 15.1. The first-order chi connectivity index (χ1) is 10.8. The Morgan fingerprint density at radius 2 is 1.83 bits per heavy atom. The minimum Gasteiger partial charge on any atom is -0.354 e. The number of nitrogens with zero attached hydrogens (tertiary/aromatic N) is 1. The Bertz CT molecular complexity index is 702. The Hall–Kier alpha value is -2.42. The summed E-state index contributed by atoms with van der Waals surface area (Å²) in [6.07, 6.45) is 3.59. The van der Waals surface area contributed by atoms with Gasteiger partial charge in [0.2, 0.25) is 0 Å².